The molecule has 0 radical (unpaired) electrons. The Kier molecular flexibility index (Phi) is 4.10. The van der Waals surface area contributed by atoms with Crippen LogP contribution < -0.4 is 5.69 Å². The molecule has 0 spiro atoms. The number of aliphatic hydroxyl groups excluding tert-OH is 1. The number of imidazole rings is 1. The first-order valence-electron chi connectivity index (χ1n) is 7.85. The lowest BCUT2D eigenvalue weighted by molar-refractivity contribution is 0.253. The zero-order valence-electron chi connectivity index (χ0n) is 12.8. The number of para-hydroxylation sites is 2. The van der Waals surface area contributed by atoms with Crippen LogP contribution in [0.1, 0.15) is 32.2 Å². The maximum Gasteiger partial charge on any atom is 0.329 e. The van der Waals surface area contributed by atoms with Crippen LogP contribution in [0.4, 0.5) is 0 Å². The molecular formula is C17H21N3O2. The van der Waals surface area contributed by atoms with Crippen LogP contribution in [0.15, 0.2) is 29.1 Å². The van der Waals surface area contributed by atoms with Gasteiger partial charge in [-0.05, 0) is 31.4 Å². The summed E-state index contributed by atoms with van der Waals surface area (Å²) >= 11 is 0. The largest absolute Gasteiger partial charge is 0.461 e. The molecule has 1 aromatic carbocycles. The summed E-state index contributed by atoms with van der Waals surface area (Å²) in [7, 11) is 0. The lowest BCUT2D eigenvalue weighted by atomic mass is 10.1. The molecule has 1 aliphatic heterocycles. The summed E-state index contributed by atoms with van der Waals surface area (Å²) in [6.07, 6.45) is 4.64. The van der Waals surface area contributed by atoms with E-state index in [1.807, 2.05) is 44.4 Å². The molecule has 5 nitrogen and oxygen atoms in total. The Morgan fingerprint density at radius 3 is 2.55 bits per heavy atom. The van der Waals surface area contributed by atoms with Gasteiger partial charge in [-0.2, -0.15) is 0 Å². The first kappa shape index (κ1) is 14.6. The Bertz CT molecular complexity index is 771. The van der Waals surface area contributed by atoms with Crippen molar-refractivity contribution in [3.8, 4) is 12.2 Å². The minimum atomic E-state index is 0.0924. The zero-order chi connectivity index (χ0) is 15.5. The molecule has 2 aromatic rings. The lowest BCUT2D eigenvalue weighted by Gasteiger charge is -2.29. The van der Waals surface area contributed by atoms with Gasteiger partial charge in [0, 0.05) is 25.7 Å². The normalized spacial score (nSPS) is 15.8. The van der Waals surface area contributed by atoms with Gasteiger partial charge in [0.15, 0.2) is 0 Å². The fraction of sp³-hybridized carbons (Fsp3) is 0.471. The summed E-state index contributed by atoms with van der Waals surface area (Å²) in [5, 5.41) is 8.69. The number of hydrogen-bond acceptors (Lipinski definition) is 3. The van der Waals surface area contributed by atoms with Gasteiger partial charge in [-0.25, -0.2) is 4.79 Å². The third-order valence-corrected chi connectivity index (χ3v) is 4.35. The number of aryl methyl sites for hydroxylation is 1. The highest BCUT2D eigenvalue weighted by atomic mass is 16.2. The number of hydrogen-bond donors (Lipinski definition) is 1. The molecule has 1 aromatic heterocycles. The number of benzene rings is 1. The molecule has 0 unspecified atom stereocenters. The van der Waals surface area contributed by atoms with Crippen LogP contribution in [-0.2, 0) is 6.54 Å². The Morgan fingerprint density at radius 2 is 1.91 bits per heavy atom. The van der Waals surface area contributed by atoms with Crippen molar-refractivity contribution in [3.63, 3.8) is 0 Å². The quantitative estimate of drug-likeness (QED) is 0.884. The van der Waals surface area contributed by atoms with Crippen LogP contribution in [0.2, 0.25) is 0 Å². The molecule has 3 rings (SSSR count). The Hall–Kier alpha value is -2.35. The van der Waals surface area contributed by atoms with Gasteiger partial charge in [0.2, 0.25) is 0 Å². The van der Waals surface area contributed by atoms with E-state index in [4.69, 9.17) is 5.11 Å². The van der Waals surface area contributed by atoms with Crippen LogP contribution in [-0.4, -0.2) is 32.2 Å². The number of likely N-dealkylation sites (tertiary alicyclic amines) is 1. The van der Waals surface area contributed by atoms with Gasteiger partial charge in [-0.1, -0.05) is 19.1 Å². The van der Waals surface area contributed by atoms with E-state index in [-0.39, 0.29) is 11.7 Å². The van der Waals surface area contributed by atoms with Crippen molar-refractivity contribution >= 4 is 11.0 Å². The second-order valence-corrected chi connectivity index (χ2v) is 5.73. The smallest absolute Gasteiger partial charge is 0.329 e. The maximum absolute atomic E-state index is 12.8. The van der Waals surface area contributed by atoms with Gasteiger partial charge in [0.05, 0.1) is 17.1 Å². The fourth-order valence-corrected chi connectivity index (χ4v) is 3.33. The zero-order valence-corrected chi connectivity index (χ0v) is 12.8. The van der Waals surface area contributed by atoms with Crippen molar-refractivity contribution in [2.24, 2.45) is 0 Å². The third-order valence-electron chi connectivity index (χ3n) is 4.35. The number of piperidine rings is 1. The summed E-state index contributed by atoms with van der Waals surface area (Å²) in [4.78, 5) is 14.7. The summed E-state index contributed by atoms with van der Waals surface area (Å²) in [5.74, 6) is 0. The van der Waals surface area contributed by atoms with Crippen LogP contribution in [0.25, 0.3) is 11.0 Å². The van der Waals surface area contributed by atoms with Crippen molar-refractivity contribution in [3.05, 3.63) is 34.7 Å². The van der Waals surface area contributed by atoms with E-state index in [0.717, 1.165) is 49.9 Å². The summed E-state index contributed by atoms with van der Waals surface area (Å²) < 4.78 is 3.84. The predicted octanol–water partition coefficient (Wildman–Crippen LogP) is 2.14. The Labute approximate surface area is 129 Å². The van der Waals surface area contributed by atoms with Gasteiger partial charge in [-0.15, -0.1) is 0 Å². The number of rotatable bonds is 3. The summed E-state index contributed by atoms with van der Waals surface area (Å²) in [5.41, 5.74) is 2.13. The first-order chi connectivity index (χ1) is 10.8. The molecule has 22 heavy (non-hydrogen) atoms. The monoisotopic (exact) mass is 299 g/mol. The highest BCUT2D eigenvalue weighted by molar-refractivity contribution is 5.76. The van der Waals surface area contributed by atoms with Crippen molar-refractivity contribution in [1.82, 2.24) is 14.0 Å². The van der Waals surface area contributed by atoms with E-state index in [1.54, 1.807) is 0 Å². The molecule has 5 heteroatoms. The van der Waals surface area contributed by atoms with Crippen LogP contribution in [0.3, 0.4) is 0 Å². The first-order valence-corrected chi connectivity index (χ1v) is 7.85. The SMILES string of the molecule is CCCn1c(=O)n(C2CCN(C#CO)CC2)c2ccccc21. The average Bonchev–Trinajstić information content (AvgIpc) is 2.82. The topological polar surface area (TPSA) is 50.4 Å². The molecule has 0 atom stereocenters. The van der Waals surface area contributed by atoms with E-state index in [2.05, 4.69) is 13.0 Å². The molecule has 0 aliphatic carbocycles. The van der Waals surface area contributed by atoms with Gasteiger partial charge >= 0.3 is 5.69 Å². The van der Waals surface area contributed by atoms with Crippen LogP contribution >= 0.6 is 0 Å². The molecule has 1 fully saturated rings. The molecule has 0 saturated carbocycles. The molecule has 116 valence electrons. The van der Waals surface area contributed by atoms with E-state index >= 15 is 0 Å². The van der Waals surface area contributed by atoms with Gasteiger partial charge in [0.25, 0.3) is 0 Å². The Balaban J connectivity index is 1.99. The summed E-state index contributed by atoms with van der Waals surface area (Å²) in [6.45, 7) is 4.39. The number of aliphatic hydroxyl groups is 1. The molecule has 0 amide bonds. The van der Waals surface area contributed by atoms with E-state index in [1.165, 1.54) is 0 Å². The molecular weight excluding hydrogens is 278 g/mol. The minimum absolute atomic E-state index is 0.0924. The molecule has 0 bridgehead atoms. The maximum atomic E-state index is 12.8. The fourth-order valence-electron chi connectivity index (χ4n) is 3.33. The lowest BCUT2D eigenvalue weighted by Crippen LogP contribution is -2.35. The van der Waals surface area contributed by atoms with Crippen molar-refractivity contribution < 1.29 is 5.11 Å². The second-order valence-electron chi connectivity index (χ2n) is 5.73. The highest BCUT2D eigenvalue weighted by Crippen LogP contribution is 2.25. The van der Waals surface area contributed by atoms with Gasteiger partial charge in [-0.3, -0.25) is 9.13 Å². The minimum Gasteiger partial charge on any atom is -0.461 e. The van der Waals surface area contributed by atoms with Crippen LogP contribution in [0.5, 0.6) is 0 Å². The van der Waals surface area contributed by atoms with E-state index in [0.29, 0.717) is 0 Å². The standard InChI is InChI=1S/C17H21N3O2/c1-2-9-19-15-5-3-4-6-16(15)20(17(19)22)14-7-10-18(11-8-14)12-13-21/h3-6,14,21H,2,7-11H2,1H3. The third kappa shape index (κ3) is 2.45. The molecule has 1 saturated heterocycles. The van der Waals surface area contributed by atoms with Crippen LogP contribution in [0, 0.1) is 12.2 Å². The number of nitrogens with zero attached hydrogens (tertiary/aromatic N) is 3. The molecule has 1 aliphatic rings. The predicted molar refractivity (Wildman–Crippen MR) is 86.0 cm³/mol. The average molecular weight is 299 g/mol. The van der Waals surface area contributed by atoms with Gasteiger partial charge < -0.3 is 10.0 Å². The van der Waals surface area contributed by atoms with Gasteiger partial charge in [0.1, 0.15) is 6.11 Å². The van der Waals surface area contributed by atoms with E-state index < -0.39 is 0 Å². The number of aromatic nitrogens is 2. The molecule has 1 N–H and O–H groups in total. The van der Waals surface area contributed by atoms with Crippen molar-refractivity contribution in [1.29, 1.82) is 0 Å². The van der Waals surface area contributed by atoms with Crippen molar-refractivity contribution in [2.75, 3.05) is 13.1 Å². The molecule has 2 heterocycles. The van der Waals surface area contributed by atoms with E-state index in [9.17, 15) is 4.79 Å². The Morgan fingerprint density at radius 1 is 1.23 bits per heavy atom. The van der Waals surface area contributed by atoms with Crippen molar-refractivity contribution in [2.45, 2.75) is 38.8 Å². The number of fused-ring (bicyclic) bond motifs is 1. The summed E-state index contributed by atoms with van der Waals surface area (Å²) in [6, 6.07) is 10.9. The highest BCUT2D eigenvalue weighted by Gasteiger charge is 2.24. The second kappa shape index (κ2) is 6.18.